The molecule has 3 fully saturated rings. The van der Waals surface area contributed by atoms with E-state index in [1.807, 2.05) is 9.80 Å². The monoisotopic (exact) mass is 387 g/mol. The molecule has 6 heteroatoms. The zero-order valence-corrected chi connectivity index (χ0v) is 16.9. The standard InChI is InChI=1S/C21H29N3O2S/c1-16-4-2-7-18(14-16)21-24(19(25)15-27-21)13-10-22-8-11-23(12-9-22)20(26)17-5-3-6-17/h2,4,7,14,17,21H,3,5-6,8-13,15H2,1H3. The maximum atomic E-state index is 12.4. The summed E-state index contributed by atoms with van der Waals surface area (Å²) in [7, 11) is 0. The van der Waals surface area contributed by atoms with E-state index in [-0.39, 0.29) is 11.3 Å². The van der Waals surface area contributed by atoms with E-state index in [9.17, 15) is 9.59 Å². The second-order valence-electron chi connectivity index (χ2n) is 7.96. The molecule has 2 heterocycles. The Morgan fingerprint density at radius 3 is 2.59 bits per heavy atom. The van der Waals surface area contributed by atoms with Gasteiger partial charge in [-0.05, 0) is 25.3 Å². The number of rotatable bonds is 5. The summed E-state index contributed by atoms with van der Waals surface area (Å²) in [6.07, 6.45) is 3.36. The minimum absolute atomic E-state index is 0.138. The minimum Gasteiger partial charge on any atom is -0.340 e. The predicted octanol–water partition coefficient (Wildman–Crippen LogP) is 2.51. The van der Waals surface area contributed by atoms with Crippen molar-refractivity contribution in [2.45, 2.75) is 31.6 Å². The van der Waals surface area contributed by atoms with E-state index in [1.165, 1.54) is 17.5 Å². The number of nitrogens with zero attached hydrogens (tertiary/aromatic N) is 3. The van der Waals surface area contributed by atoms with Crippen molar-refractivity contribution < 1.29 is 9.59 Å². The van der Waals surface area contributed by atoms with Gasteiger partial charge in [0.1, 0.15) is 5.37 Å². The van der Waals surface area contributed by atoms with E-state index in [0.717, 1.165) is 52.1 Å². The number of aryl methyl sites for hydroxylation is 1. The Hall–Kier alpha value is -1.53. The topological polar surface area (TPSA) is 43.9 Å². The van der Waals surface area contributed by atoms with Gasteiger partial charge in [-0.25, -0.2) is 0 Å². The number of benzene rings is 1. The molecule has 1 saturated carbocycles. The van der Waals surface area contributed by atoms with Crippen molar-refractivity contribution in [1.82, 2.24) is 14.7 Å². The summed E-state index contributed by atoms with van der Waals surface area (Å²) in [5.74, 6) is 1.48. The summed E-state index contributed by atoms with van der Waals surface area (Å²) >= 11 is 1.73. The van der Waals surface area contributed by atoms with Gasteiger partial charge in [-0.15, -0.1) is 11.8 Å². The van der Waals surface area contributed by atoms with E-state index in [1.54, 1.807) is 11.8 Å². The first-order valence-corrected chi connectivity index (χ1v) is 11.2. The molecule has 0 radical (unpaired) electrons. The van der Waals surface area contributed by atoms with E-state index in [2.05, 4.69) is 36.1 Å². The molecule has 146 valence electrons. The molecule has 0 aromatic heterocycles. The lowest BCUT2D eigenvalue weighted by Crippen LogP contribution is -2.52. The Balaban J connectivity index is 1.29. The number of thioether (sulfide) groups is 1. The SMILES string of the molecule is Cc1cccc(C2SCC(=O)N2CCN2CCN(C(=O)C3CCC3)CC2)c1. The van der Waals surface area contributed by atoms with Gasteiger partial charge in [0.05, 0.1) is 5.75 Å². The molecular formula is C21H29N3O2S. The Labute approximate surface area is 166 Å². The first-order valence-electron chi connectivity index (χ1n) is 10.1. The number of hydrogen-bond donors (Lipinski definition) is 0. The molecule has 1 atom stereocenters. The van der Waals surface area contributed by atoms with Gasteiger partial charge >= 0.3 is 0 Å². The fraction of sp³-hybridized carbons (Fsp3) is 0.619. The molecule has 1 aromatic rings. The summed E-state index contributed by atoms with van der Waals surface area (Å²) in [6.45, 7) is 7.25. The normalized spacial score (nSPS) is 24.3. The van der Waals surface area contributed by atoms with Crippen LogP contribution in [-0.4, -0.2) is 71.5 Å². The molecule has 2 aliphatic heterocycles. The smallest absolute Gasteiger partial charge is 0.233 e. The van der Waals surface area contributed by atoms with Crippen LogP contribution >= 0.6 is 11.8 Å². The highest BCUT2D eigenvalue weighted by atomic mass is 32.2. The number of carbonyl (C=O) groups excluding carboxylic acids is 2. The second kappa shape index (κ2) is 8.23. The van der Waals surface area contributed by atoms with Crippen LogP contribution in [0.3, 0.4) is 0 Å². The summed E-state index contributed by atoms with van der Waals surface area (Å²) in [5, 5.41) is 0.138. The van der Waals surface area contributed by atoms with Crippen molar-refractivity contribution in [2.75, 3.05) is 45.0 Å². The number of hydrogen-bond acceptors (Lipinski definition) is 4. The fourth-order valence-corrected chi connectivity index (χ4v) is 5.36. The van der Waals surface area contributed by atoms with Crippen LogP contribution in [0, 0.1) is 12.8 Å². The van der Waals surface area contributed by atoms with Crippen LogP contribution in [0.1, 0.15) is 35.8 Å². The van der Waals surface area contributed by atoms with Crippen molar-refractivity contribution in [3.63, 3.8) is 0 Å². The van der Waals surface area contributed by atoms with Gasteiger partial charge in [0.2, 0.25) is 11.8 Å². The van der Waals surface area contributed by atoms with Gasteiger partial charge in [0, 0.05) is 45.2 Å². The third-order valence-electron chi connectivity index (χ3n) is 6.09. The minimum atomic E-state index is 0.138. The average molecular weight is 388 g/mol. The molecule has 5 nitrogen and oxygen atoms in total. The van der Waals surface area contributed by atoms with Crippen molar-refractivity contribution in [1.29, 1.82) is 0 Å². The lowest BCUT2D eigenvalue weighted by Gasteiger charge is -2.38. The van der Waals surface area contributed by atoms with E-state index >= 15 is 0 Å². The maximum Gasteiger partial charge on any atom is 0.233 e. The van der Waals surface area contributed by atoms with Crippen LogP contribution in [0.4, 0.5) is 0 Å². The lowest BCUT2D eigenvalue weighted by molar-refractivity contribution is -0.139. The van der Waals surface area contributed by atoms with E-state index in [4.69, 9.17) is 0 Å². The molecule has 0 bridgehead atoms. The highest BCUT2D eigenvalue weighted by Gasteiger charge is 2.34. The Morgan fingerprint density at radius 2 is 1.93 bits per heavy atom. The van der Waals surface area contributed by atoms with Gasteiger partial charge < -0.3 is 9.80 Å². The van der Waals surface area contributed by atoms with Crippen LogP contribution in [0.2, 0.25) is 0 Å². The predicted molar refractivity (Wildman–Crippen MR) is 108 cm³/mol. The van der Waals surface area contributed by atoms with Crippen molar-refractivity contribution >= 4 is 23.6 Å². The first-order chi connectivity index (χ1) is 13.1. The number of carbonyl (C=O) groups is 2. The Kier molecular flexibility index (Phi) is 5.74. The second-order valence-corrected chi connectivity index (χ2v) is 9.03. The molecular weight excluding hydrogens is 358 g/mol. The molecule has 3 aliphatic rings. The van der Waals surface area contributed by atoms with Gasteiger partial charge in [0.15, 0.2) is 0 Å². The van der Waals surface area contributed by atoms with Crippen molar-refractivity contribution in [2.24, 2.45) is 5.92 Å². The van der Waals surface area contributed by atoms with Crippen molar-refractivity contribution in [3.8, 4) is 0 Å². The van der Waals surface area contributed by atoms with Crippen LogP contribution in [0.5, 0.6) is 0 Å². The highest BCUT2D eigenvalue weighted by Crippen LogP contribution is 2.38. The fourth-order valence-electron chi connectivity index (χ4n) is 4.15. The number of amides is 2. The first kappa shape index (κ1) is 18.8. The molecule has 27 heavy (non-hydrogen) atoms. The molecule has 2 amide bonds. The molecule has 1 unspecified atom stereocenters. The molecule has 1 aromatic carbocycles. The molecule has 2 saturated heterocycles. The van der Waals surface area contributed by atoms with Gasteiger partial charge in [-0.2, -0.15) is 0 Å². The maximum absolute atomic E-state index is 12.4. The van der Waals surface area contributed by atoms with Crippen LogP contribution in [0.15, 0.2) is 24.3 Å². The van der Waals surface area contributed by atoms with Gasteiger partial charge in [-0.3, -0.25) is 14.5 Å². The summed E-state index contributed by atoms with van der Waals surface area (Å²) < 4.78 is 0. The summed E-state index contributed by atoms with van der Waals surface area (Å²) in [4.78, 5) is 31.3. The highest BCUT2D eigenvalue weighted by molar-refractivity contribution is 8.00. The Morgan fingerprint density at radius 1 is 1.15 bits per heavy atom. The largest absolute Gasteiger partial charge is 0.340 e. The van der Waals surface area contributed by atoms with E-state index < -0.39 is 0 Å². The van der Waals surface area contributed by atoms with Gasteiger partial charge in [0.25, 0.3) is 0 Å². The van der Waals surface area contributed by atoms with E-state index in [0.29, 0.717) is 17.6 Å². The van der Waals surface area contributed by atoms with Crippen LogP contribution in [0.25, 0.3) is 0 Å². The zero-order chi connectivity index (χ0) is 18.8. The van der Waals surface area contributed by atoms with Crippen molar-refractivity contribution in [3.05, 3.63) is 35.4 Å². The lowest BCUT2D eigenvalue weighted by atomic mass is 9.84. The third-order valence-corrected chi connectivity index (χ3v) is 7.35. The summed E-state index contributed by atoms with van der Waals surface area (Å²) in [6, 6.07) is 8.49. The quantitative estimate of drug-likeness (QED) is 0.779. The molecule has 0 spiro atoms. The summed E-state index contributed by atoms with van der Waals surface area (Å²) in [5.41, 5.74) is 2.46. The number of piperazine rings is 1. The molecule has 1 aliphatic carbocycles. The van der Waals surface area contributed by atoms with Crippen LogP contribution in [-0.2, 0) is 9.59 Å². The Bertz CT molecular complexity index is 698. The molecule has 4 rings (SSSR count). The zero-order valence-electron chi connectivity index (χ0n) is 16.1. The molecule has 0 N–H and O–H groups in total. The average Bonchev–Trinajstić information content (AvgIpc) is 2.99. The third kappa shape index (κ3) is 4.16. The van der Waals surface area contributed by atoms with Gasteiger partial charge in [-0.1, -0.05) is 36.2 Å². The van der Waals surface area contributed by atoms with Crippen LogP contribution < -0.4 is 0 Å².